The lowest BCUT2D eigenvalue weighted by atomic mass is 9.99. The molecule has 0 unspecified atom stereocenters. The maximum Gasteiger partial charge on any atom is 0.338 e. The Labute approximate surface area is 164 Å². The summed E-state index contributed by atoms with van der Waals surface area (Å²) in [6, 6.07) is 6.41. The van der Waals surface area contributed by atoms with E-state index in [-0.39, 0.29) is 23.3 Å². The van der Waals surface area contributed by atoms with Crippen LogP contribution in [0.3, 0.4) is 0 Å². The summed E-state index contributed by atoms with van der Waals surface area (Å²) in [7, 11) is 1.26. The average molecular weight is 433 g/mol. The fourth-order valence-electron chi connectivity index (χ4n) is 2.69. The van der Waals surface area contributed by atoms with Crippen molar-refractivity contribution >= 4 is 27.9 Å². The van der Waals surface area contributed by atoms with Crippen molar-refractivity contribution in [2.75, 3.05) is 7.11 Å². The number of pyridine rings is 1. The van der Waals surface area contributed by atoms with Gasteiger partial charge in [0.15, 0.2) is 0 Å². The minimum Gasteiger partial charge on any atom is -0.465 e. The minimum absolute atomic E-state index is 0.0403. The van der Waals surface area contributed by atoms with Crippen LogP contribution in [0.15, 0.2) is 27.5 Å². The van der Waals surface area contributed by atoms with E-state index < -0.39 is 17.5 Å². The number of hydrogen-bond acceptors (Lipinski definition) is 6. The normalized spacial score (nSPS) is 10.2. The van der Waals surface area contributed by atoms with E-state index in [9.17, 15) is 14.4 Å². The average Bonchev–Trinajstić information content (AvgIpc) is 2.60. The Morgan fingerprint density at radius 1 is 1.26 bits per heavy atom. The van der Waals surface area contributed by atoms with Gasteiger partial charge in [-0.2, -0.15) is 5.26 Å². The van der Waals surface area contributed by atoms with E-state index in [0.717, 1.165) is 5.56 Å². The number of nitrogens with zero attached hydrogens (tertiary/aromatic N) is 1. The van der Waals surface area contributed by atoms with Crippen LogP contribution in [0, 0.1) is 25.2 Å². The van der Waals surface area contributed by atoms with Crippen molar-refractivity contribution in [1.29, 1.82) is 5.26 Å². The van der Waals surface area contributed by atoms with Crippen molar-refractivity contribution in [3.05, 3.63) is 61.0 Å². The molecule has 0 saturated carbocycles. The highest BCUT2D eigenvalue weighted by molar-refractivity contribution is 9.10. The highest BCUT2D eigenvalue weighted by Crippen LogP contribution is 2.23. The van der Waals surface area contributed by atoms with Crippen LogP contribution < -0.4 is 10.3 Å². The summed E-state index contributed by atoms with van der Waals surface area (Å²) in [6.07, 6.45) is 0.346. The van der Waals surface area contributed by atoms with Gasteiger partial charge in [0.2, 0.25) is 0 Å². The third-order valence-corrected chi connectivity index (χ3v) is 4.48. The van der Waals surface area contributed by atoms with Gasteiger partial charge in [0, 0.05) is 10.2 Å². The van der Waals surface area contributed by atoms with Crippen molar-refractivity contribution in [3.63, 3.8) is 0 Å². The molecule has 27 heavy (non-hydrogen) atoms. The molecule has 0 bridgehead atoms. The van der Waals surface area contributed by atoms with Crippen molar-refractivity contribution in [2.45, 2.75) is 26.7 Å². The number of methoxy groups -OCH3 is 1. The summed E-state index contributed by atoms with van der Waals surface area (Å²) < 4.78 is 10.5. The number of hydrogen-bond donors (Lipinski definition) is 1. The first-order chi connectivity index (χ1) is 12.8. The minimum atomic E-state index is -0.544. The number of aromatic nitrogens is 1. The van der Waals surface area contributed by atoms with Gasteiger partial charge < -0.3 is 14.5 Å². The Bertz CT molecular complexity index is 1000. The number of rotatable bonds is 5. The first-order valence-corrected chi connectivity index (χ1v) is 8.78. The van der Waals surface area contributed by atoms with E-state index in [1.54, 1.807) is 26.0 Å². The highest BCUT2D eigenvalue weighted by Gasteiger charge is 2.15. The Morgan fingerprint density at radius 3 is 2.59 bits per heavy atom. The van der Waals surface area contributed by atoms with Crippen LogP contribution >= 0.6 is 15.9 Å². The lowest BCUT2D eigenvalue weighted by molar-refractivity contribution is -0.134. The Kier molecular flexibility index (Phi) is 6.53. The summed E-state index contributed by atoms with van der Waals surface area (Å²) in [5.74, 6) is -0.841. The monoisotopic (exact) mass is 432 g/mol. The lowest BCUT2D eigenvalue weighted by Gasteiger charge is -2.11. The van der Waals surface area contributed by atoms with E-state index in [1.807, 2.05) is 6.07 Å². The molecule has 0 fully saturated rings. The van der Waals surface area contributed by atoms with Gasteiger partial charge in [0.05, 0.1) is 19.1 Å². The molecule has 0 aliphatic heterocycles. The second-order valence-electron chi connectivity index (χ2n) is 5.81. The van der Waals surface area contributed by atoms with Gasteiger partial charge in [0.1, 0.15) is 17.4 Å². The first-order valence-electron chi connectivity index (χ1n) is 7.98. The predicted octanol–water partition coefficient (Wildman–Crippen LogP) is 2.95. The number of ether oxygens (including phenoxy) is 2. The largest absolute Gasteiger partial charge is 0.465 e. The Morgan fingerprint density at radius 2 is 1.96 bits per heavy atom. The number of esters is 2. The Hall–Kier alpha value is -2.92. The van der Waals surface area contributed by atoms with Gasteiger partial charge in [-0.3, -0.25) is 9.59 Å². The highest BCUT2D eigenvalue weighted by atomic mass is 79.9. The van der Waals surface area contributed by atoms with Crippen LogP contribution in [0.2, 0.25) is 0 Å². The molecule has 0 aliphatic rings. The summed E-state index contributed by atoms with van der Waals surface area (Å²) in [4.78, 5) is 38.2. The molecule has 0 aliphatic carbocycles. The second-order valence-corrected chi connectivity index (χ2v) is 6.73. The first kappa shape index (κ1) is 20.4. The van der Waals surface area contributed by atoms with Gasteiger partial charge in [-0.25, -0.2) is 4.79 Å². The van der Waals surface area contributed by atoms with Gasteiger partial charge >= 0.3 is 11.9 Å². The van der Waals surface area contributed by atoms with E-state index in [1.165, 1.54) is 13.2 Å². The van der Waals surface area contributed by atoms with Crippen molar-refractivity contribution in [2.24, 2.45) is 0 Å². The summed E-state index contributed by atoms with van der Waals surface area (Å²) >= 11 is 3.25. The third kappa shape index (κ3) is 4.83. The molecular formula is C19H17BrN2O5. The number of H-pyrrole nitrogens is 1. The molecule has 0 atom stereocenters. The van der Waals surface area contributed by atoms with Gasteiger partial charge in [-0.1, -0.05) is 15.9 Å². The quantitative estimate of drug-likeness (QED) is 0.574. The molecule has 0 saturated heterocycles. The molecule has 7 nitrogen and oxygen atoms in total. The van der Waals surface area contributed by atoms with E-state index in [0.29, 0.717) is 22.2 Å². The van der Waals surface area contributed by atoms with Crippen LogP contribution in [-0.4, -0.2) is 24.0 Å². The summed E-state index contributed by atoms with van der Waals surface area (Å²) in [5, 5.41) is 9.10. The van der Waals surface area contributed by atoms with Crippen LogP contribution in [0.1, 0.15) is 39.2 Å². The number of nitrogens with one attached hydrogen (secondary N) is 1. The molecule has 8 heteroatoms. The number of aryl methyl sites for hydroxylation is 1. The van der Waals surface area contributed by atoms with Crippen molar-refractivity contribution in [3.8, 4) is 11.8 Å². The van der Waals surface area contributed by atoms with Crippen LogP contribution in [0.5, 0.6) is 5.75 Å². The van der Waals surface area contributed by atoms with Gasteiger partial charge in [-0.05, 0) is 49.6 Å². The number of carbonyl (C=O) groups is 2. The van der Waals surface area contributed by atoms with E-state index in [4.69, 9.17) is 10.00 Å². The molecular weight excluding hydrogens is 416 g/mol. The number of nitriles is 1. The maximum absolute atomic E-state index is 12.2. The molecule has 1 N–H and O–H groups in total. The zero-order chi connectivity index (χ0) is 20.1. The number of benzene rings is 1. The third-order valence-electron chi connectivity index (χ3n) is 4.02. The molecule has 1 heterocycles. The van der Waals surface area contributed by atoms with Crippen LogP contribution in [0.4, 0.5) is 0 Å². The zero-order valence-corrected chi connectivity index (χ0v) is 16.6. The smallest absolute Gasteiger partial charge is 0.338 e. The molecule has 2 aromatic rings. The number of carbonyl (C=O) groups excluding carboxylic acids is 2. The fourth-order valence-corrected chi connectivity index (χ4v) is 3.16. The molecule has 0 radical (unpaired) electrons. The van der Waals surface area contributed by atoms with Gasteiger partial charge in [-0.15, -0.1) is 0 Å². The number of halogens is 1. The topological polar surface area (TPSA) is 109 Å². The maximum atomic E-state index is 12.2. The SMILES string of the molecule is COC(=O)c1cc(Br)cc(OC(=O)CCc2c(C)[nH]c(=O)c(C#N)c2C)c1. The predicted molar refractivity (Wildman–Crippen MR) is 101 cm³/mol. The second kappa shape index (κ2) is 8.64. The molecule has 0 amide bonds. The number of aromatic amines is 1. The Balaban J connectivity index is 2.14. The van der Waals surface area contributed by atoms with Crippen molar-refractivity contribution < 1.29 is 19.1 Å². The standard InChI is InChI=1S/C19H17BrN2O5/c1-10-15(11(2)22-18(24)16(10)9-21)4-5-17(23)27-14-7-12(19(25)26-3)6-13(20)8-14/h6-8H,4-5H2,1-3H3,(H,22,24). The summed E-state index contributed by atoms with van der Waals surface area (Å²) in [6.45, 7) is 3.39. The van der Waals surface area contributed by atoms with E-state index >= 15 is 0 Å². The van der Waals surface area contributed by atoms with Crippen LogP contribution in [-0.2, 0) is 16.0 Å². The van der Waals surface area contributed by atoms with Gasteiger partial charge in [0.25, 0.3) is 5.56 Å². The molecule has 1 aromatic carbocycles. The van der Waals surface area contributed by atoms with E-state index in [2.05, 4.69) is 25.7 Å². The fraction of sp³-hybridized carbons (Fsp3) is 0.263. The lowest BCUT2D eigenvalue weighted by Crippen LogP contribution is -2.18. The van der Waals surface area contributed by atoms with Crippen LogP contribution in [0.25, 0.3) is 0 Å². The zero-order valence-electron chi connectivity index (χ0n) is 15.0. The van der Waals surface area contributed by atoms with Crippen molar-refractivity contribution in [1.82, 2.24) is 4.98 Å². The molecule has 2 rings (SSSR count). The molecule has 0 spiro atoms. The molecule has 140 valence electrons. The summed E-state index contributed by atoms with van der Waals surface area (Å²) in [5.41, 5.74) is 1.75. The molecule has 1 aromatic heterocycles.